The Morgan fingerprint density at radius 3 is 2.00 bits per heavy atom. The van der Waals surface area contributed by atoms with E-state index in [4.69, 9.17) is 9.47 Å². The molecule has 1 spiro atoms. The Hall–Kier alpha value is -0.120. The third-order valence-electron chi connectivity index (χ3n) is 4.58. The Balaban J connectivity index is 1.87. The Kier molecular flexibility index (Phi) is 4.11. The number of hydrogen-bond acceptors (Lipinski definition) is 3. The molecule has 1 saturated carbocycles. The van der Waals surface area contributed by atoms with E-state index in [9.17, 15) is 5.11 Å². The van der Waals surface area contributed by atoms with Gasteiger partial charge in [-0.15, -0.1) is 0 Å². The fourth-order valence-electron chi connectivity index (χ4n) is 3.20. The summed E-state index contributed by atoms with van der Waals surface area (Å²) in [7, 11) is 0. The first kappa shape index (κ1) is 13.3. The van der Waals surface area contributed by atoms with Crippen LogP contribution in [0.2, 0.25) is 0 Å². The summed E-state index contributed by atoms with van der Waals surface area (Å²) in [5.74, 6) is 0.305. The van der Waals surface area contributed by atoms with E-state index in [1.165, 1.54) is 0 Å². The van der Waals surface area contributed by atoms with Crippen LogP contribution in [0.3, 0.4) is 0 Å². The van der Waals surface area contributed by atoms with Crippen LogP contribution in [-0.4, -0.2) is 29.7 Å². The molecule has 0 radical (unpaired) electrons. The first-order chi connectivity index (χ1) is 8.11. The molecule has 3 heteroatoms. The molecule has 1 heterocycles. The zero-order chi connectivity index (χ0) is 12.4. The van der Waals surface area contributed by atoms with E-state index < -0.39 is 5.60 Å². The van der Waals surface area contributed by atoms with Crippen LogP contribution in [0, 0.1) is 5.92 Å². The van der Waals surface area contributed by atoms with Gasteiger partial charge in [-0.05, 0) is 25.2 Å². The molecule has 1 saturated heterocycles. The summed E-state index contributed by atoms with van der Waals surface area (Å²) in [5, 5.41) is 10.6. The Morgan fingerprint density at radius 1 is 1.00 bits per heavy atom. The van der Waals surface area contributed by atoms with Crippen LogP contribution < -0.4 is 0 Å². The van der Waals surface area contributed by atoms with Gasteiger partial charge >= 0.3 is 0 Å². The second-order valence-electron chi connectivity index (χ2n) is 5.72. The van der Waals surface area contributed by atoms with Crippen LogP contribution in [0.4, 0.5) is 0 Å². The van der Waals surface area contributed by atoms with Crippen molar-refractivity contribution in [2.75, 3.05) is 13.2 Å². The molecule has 100 valence electrons. The van der Waals surface area contributed by atoms with Crippen molar-refractivity contribution in [2.24, 2.45) is 5.92 Å². The van der Waals surface area contributed by atoms with E-state index in [0.29, 0.717) is 19.1 Å². The first-order valence-corrected chi connectivity index (χ1v) is 7.12. The van der Waals surface area contributed by atoms with E-state index in [2.05, 4.69) is 13.8 Å². The van der Waals surface area contributed by atoms with Crippen molar-refractivity contribution in [2.45, 2.75) is 70.2 Å². The highest BCUT2D eigenvalue weighted by Crippen LogP contribution is 2.43. The molecular weight excluding hydrogens is 216 g/mol. The van der Waals surface area contributed by atoms with Gasteiger partial charge in [0.05, 0.1) is 18.8 Å². The van der Waals surface area contributed by atoms with E-state index in [1.54, 1.807) is 0 Å². The molecule has 2 fully saturated rings. The quantitative estimate of drug-likeness (QED) is 0.824. The summed E-state index contributed by atoms with van der Waals surface area (Å²) in [6, 6.07) is 0. The Morgan fingerprint density at radius 2 is 1.53 bits per heavy atom. The monoisotopic (exact) mass is 242 g/mol. The number of aliphatic hydroxyl groups is 1. The van der Waals surface area contributed by atoms with Gasteiger partial charge in [0.25, 0.3) is 0 Å². The largest absolute Gasteiger partial charge is 0.390 e. The summed E-state index contributed by atoms with van der Waals surface area (Å²) >= 11 is 0. The maximum atomic E-state index is 10.6. The highest BCUT2D eigenvalue weighted by atomic mass is 16.7. The maximum absolute atomic E-state index is 10.6. The normalized spacial score (nSPS) is 26.8. The molecular formula is C14H26O3. The second-order valence-corrected chi connectivity index (χ2v) is 5.72. The number of hydrogen-bond donors (Lipinski definition) is 1. The molecule has 1 aliphatic carbocycles. The van der Waals surface area contributed by atoms with Crippen molar-refractivity contribution >= 4 is 0 Å². The topological polar surface area (TPSA) is 38.7 Å². The zero-order valence-electron chi connectivity index (χ0n) is 11.2. The lowest BCUT2D eigenvalue weighted by atomic mass is 9.75. The van der Waals surface area contributed by atoms with Crippen LogP contribution in [0.25, 0.3) is 0 Å². The highest BCUT2D eigenvalue weighted by molar-refractivity contribution is 4.92. The standard InChI is InChI=1S/C14H26O3/c1-3-12(4-2)11-13(15)5-7-14(8-6-13)16-9-10-17-14/h12,15H,3-11H2,1-2H3. The summed E-state index contributed by atoms with van der Waals surface area (Å²) < 4.78 is 11.4. The third-order valence-corrected chi connectivity index (χ3v) is 4.58. The minimum atomic E-state index is -0.475. The summed E-state index contributed by atoms with van der Waals surface area (Å²) in [6.45, 7) is 5.85. The molecule has 3 nitrogen and oxygen atoms in total. The molecule has 2 aliphatic rings. The molecule has 1 aliphatic heterocycles. The Bertz CT molecular complexity index is 232. The summed E-state index contributed by atoms with van der Waals surface area (Å²) in [6.07, 6.45) is 6.62. The lowest BCUT2D eigenvalue weighted by Crippen LogP contribution is -2.44. The summed E-state index contributed by atoms with van der Waals surface area (Å²) in [4.78, 5) is 0. The van der Waals surface area contributed by atoms with Gasteiger partial charge in [-0.1, -0.05) is 26.7 Å². The molecule has 0 atom stereocenters. The van der Waals surface area contributed by atoms with Gasteiger partial charge in [0.1, 0.15) is 0 Å². The fourth-order valence-corrected chi connectivity index (χ4v) is 3.20. The first-order valence-electron chi connectivity index (χ1n) is 7.12. The predicted octanol–water partition coefficient (Wildman–Crippen LogP) is 2.86. The second kappa shape index (κ2) is 5.25. The molecule has 0 aromatic carbocycles. The fraction of sp³-hybridized carbons (Fsp3) is 1.00. The van der Waals surface area contributed by atoms with Gasteiger partial charge in [-0.3, -0.25) is 0 Å². The third kappa shape index (κ3) is 3.01. The van der Waals surface area contributed by atoms with E-state index in [-0.39, 0.29) is 5.79 Å². The minimum absolute atomic E-state index is 0.347. The highest BCUT2D eigenvalue weighted by Gasteiger charge is 2.45. The lowest BCUT2D eigenvalue weighted by molar-refractivity contribution is -0.204. The van der Waals surface area contributed by atoms with Gasteiger partial charge in [-0.25, -0.2) is 0 Å². The molecule has 0 bridgehead atoms. The maximum Gasteiger partial charge on any atom is 0.168 e. The molecule has 0 aromatic rings. The van der Waals surface area contributed by atoms with Crippen LogP contribution in [0.1, 0.15) is 58.8 Å². The van der Waals surface area contributed by atoms with Crippen LogP contribution in [-0.2, 0) is 9.47 Å². The van der Waals surface area contributed by atoms with E-state index >= 15 is 0 Å². The minimum Gasteiger partial charge on any atom is -0.390 e. The number of rotatable bonds is 4. The van der Waals surface area contributed by atoms with Crippen molar-refractivity contribution in [3.8, 4) is 0 Å². The molecule has 17 heavy (non-hydrogen) atoms. The van der Waals surface area contributed by atoms with Crippen molar-refractivity contribution in [3.05, 3.63) is 0 Å². The zero-order valence-corrected chi connectivity index (χ0v) is 11.2. The SMILES string of the molecule is CCC(CC)CC1(O)CCC2(CC1)OCCO2. The average molecular weight is 242 g/mol. The van der Waals surface area contributed by atoms with Crippen LogP contribution >= 0.6 is 0 Å². The van der Waals surface area contributed by atoms with Gasteiger partial charge in [0.15, 0.2) is 5.79 Å². The molecule has 1 N–H and O–H groups in total. The van der Waals surface area contributed by atoms with Gasteiger partial charge < -0.3 is 14.6 Å². The molecule has 0 unspecified atom stereocenters. The van der Waals surface area contributed by atoms with E-state index in [1.807, 2.05) is 0 Å². The van der Waals surface area contributed by atoms with Gasteiger partial charge in [-0.2, -0.15) is 0 Å². The smallest absolute Gasteiger partial charge is 0.168 e. The van der Waals surface area contributed by atoms with Crippen molar-refractivity contribution < 1.29 is 14.6 Å². The van der Waals surface area contributed by atoms with Crippen LogP contribution in [0.5, 0.6) is 0 Å². The predicted molar refractivity (Wildman–Crippen MR) is 66.7 cm³/mol. The average Bonchev–Trinajstić information content (AvgIpc) is 2.80. The van der Waals surface area contributed by atoms with E-state index in [0.717, 1.165) is 44.9 Å². The number of ether oxygens (including phenoxy) is 2. The lowest BCUT2D eigenvalue weighted by Gasteiger charge is -2.41. The van der Waals surface area contributed by atoms with Crippen molar-refractivity contribution in [1.29, 1.82) is 0 Å². The van der Waals surface area contributed by atoms with Crippen molar-refractivity contribution in [1.82, 2.24) is 0 Å². The molecule has 2 rings (SSSR count). The van der Waals surface area contributed by atoms with Crippen LogP contribution in [0.15, 0.2) is 0 Å². The van der Waals surface area contributed by atoms with Gasteiger partial charge in [0, 0.05) is 12.8 Å². The van der Waals surface area contributed by atoms with Gasteiger partial charge in [0.2, 0.25) is 0 Å². The summed E-state index contributed by atoms with van der Waals surface area (Å²) in [5.41, 5.74) is -0.475. The molecule has 0 amide bonds. The van der Waals surface area contributed by atoms with Crippen molar-refractivity contribution in [3.63, 3.8) is 0 Å². The Labute approximate surface area is 104 Å². The molecule has 0 aromatic heterocycles.